The molecule has 512 valence electrons. The van der Waals surface area contributed by atoms with Crippen molar-refractivity contribution in [3.05, 3.63) is 12.2 Å². The number of ether oxygens (including phenoxy) is 1. The van der Waals surface area contributed by atoms with Crippen LogP contribution >= 0.6 is 7.82 Å². The maximum Gasteiger partial charge on any atom is 0.472 e. The van der Waals surface area contributed by atoms with E-state index in [1.165, 1.54) is 321 Å². The highest BCUT2D eigenvalue weighted by Gasteiger charge is 2.30. The van der Waals surface area contributed by atoms with Gasteiger partial charge in [0.05, 0.1) is 33.8 Å². The number of hydrogen-bond acceptors (Lipinski definition) is 6. The van der Waals surface area contributed by atoms with Crippen LogP contribution in [0.1, 0.15) is 412 Å². The van der Waals surface area contributed by atoms with Crippen LogP contribution in [0.25, 0.3) is 0 Å². The highest BCUT2D eigenvalue weighted by atomic mass is 31.2. The van der Waals surface area contributed by atoms with Gasteiger partial charge in [-0.15, -0.1) is 0 Å². The molecule has 0 bridgehead atoms. The third-order valence-corrected chi connectivity index (χ3v) is 19.0. The molecule has 3 atom stereocenters. The Balaban J connectivity index is 4.92. The van der Waals surface area contributed by atoms with Crippen molar-refractivity contribution in [3.63, 3.8) is 0 Å². The monoisotopic (exact) mass is 1240 g/mol. The van der Waals surface area contributed by atoms with Gasteiger partial charge < -0.3 is 19.4 Å². The zero-order valence-corrected chi connectivity index (χ0v) is 59.7. The van der Waals surface area contributed by atoms with E-state index in [4.69, 9.17) is 13.8 Å². The molecule has 0 aliphatic rings. The van der Waals surface area contributed by atoms with E-state index in [9.17, 15) is 19.0 Å². The average molecular weight is 1240 g/mol. The summed E-state index contributed by atoms with van der Waals surface area (Å²) in [6.45, 7) is 7.11. The number of likely N-dealkylation sites (N-methyl/N-ethyl adjacent to an activating group) is 1. The number of nitrogens with zero attached hydrogens (tertiary/aromatic N) is 1. The van der Waals surface area contributed by atoms with Gasteiger partial charge in [0.25, 0.3) is 0 Å². The number of esters is 1. The molecule has 0 saturated heterocycles. The fraction of sp³-hybridized carbons (Fsp3) is 0.947. The number of hydrogen-bond donors (Lipinski definition) is 2. The molecule has 10 heteroatoms. The number of rotatable bonds is 72. The largest absolute Gasteiger partial charge is 0.472 e. The van der Waals surface area contributed by atoms with Crippen LogP contribution in [0, 0.1) is 0 Å². The summed E-state index contributed by atoms with van der Waals surface area (Å²) >= 11 is 0. The highest BCUT2D eigenvalue weighted by molar-refractivity contribution is 7.47. The van der Waals surface area contributed by atoms with Gasteiger partial charge in [-0.25, -0.2) is 4.57 Å². The number of amides is 1. The number of phosphoric ester groups is 1. The highest BCUT2D eigenvalue weighted by Crippen LogP contribution is 2.43. The molecule has 0 aromatic carbocycles. The minimum Gasteiger partial charge on any atom is -0.456 e. The molecule has 0 aromatic rings. The number of nitrogens with one attached hydrogen (secondary N) is 1. The van der Waals surface area contributed by atoms with Crippen LogP contribution in [0.2, 0.25) is 0 Å². The summed E-state index contributed by atoms with van der Waals surface area (Å²) in [6, 6.07) is -0.841. The van der Waals surface area contributed by atoms with Crippen molar-refractivity contribution in [2.24, 2.45) is 0 Å². The van der Waals surface area contributed by atoms with Crippen molar-refractivity contribution in [2.45, 2.75) is 425 Å². The summed E-state index contributed by atoms with van der Waals surface area (Å²) in [4.78, 5) is 38.0. The Bertz CT molecular complexity index is 1470. The second-order valence-electron chi connectivity index (χ2n) is 27.9. The standard InChI is InChI=1S/C76H151N2O7P/c1-7-10-13-16-19-22-25-28-30-32-34-36-38-39-41-43-45-47-49-51-54-57-60-63-66-69-76(80)85-74(67-64-61-58-55-52-27-24-21-18-15-12-9-3)73(72-84-86(81,82)83-71-70-78(4,5)6)77-75(79)68-65-62-59-56-53-50-48-46-44-42-40-37-35-33-31-29-26-23-20-17-14-11-8-2/h64,67,73-74H,7-63,65-66,68-72H2,1-6H3,(H-,77,79,81,82)/p+1/b67-64+. The van der Waals surface area contributed by atoms with Crippen molar-refractivity contribution >= 4 is 19.7 Å². The van der Waals surface area contributed by atoms with Gasteiger partial charge in [-0.05, 0) is 31.8 Å². The Hall–Kier alpha value is -1.25. The van der Waals surface area contributed by atoms with Crippen LogP contribution in [0.4, 0.5) is 0 Å². The molecule has 86 heavy (non-hydrogen) atoms. The van der Waals surface area contributed by atoms with Gasteiger partial charge in [0, 0.05) is 12.8 Å². The number of carbonyl (C=O) groups is 2. The van der Waals surface area contributed by atoms with Crippen molar-refractivity contribution in [2.75, 3.05) is 40.9 Å². The Labute approximate surface area is 537 Å². The second-order valence-corrected chi connectivity index (χ2v) is 29.4. The van der Waals surface area contributed by atoms with Gasteiger partial charge in [-0.1, -0.05) is 380 Å². The third kappa shape index (κ3) is 67.2. The molecule has 9 nitrogen and oxygen atoms in total. The molecule has 1 amide bonds. The SMILES string of the molecule is CCCCCCCCCCCC/C=C/C(OC(=O)CCCCCCCCCCCCCCCCCCCCCCCCCCC)C(COP(=O)(O)OCC[N+](C)(C)C)NC(=O)CCCCCCCCCCCCCCCCCCCCCCCCC. The number of carbonyl (C=O) groups excluding carboxylic acids is 2. The molecule has 0 heterocycles. The lowest BCUT2D eigenvalue weighted by molar-refractivity contribution is -0.870. The van der Waals surface area contributed by atoms with E-state index in [-0.39, 0.29) is 25.1 Å². The smallest absolute Gasteiger partial charge is 0.456 e. The lowest BCUT2D eigenvalue weighted by atomic mass is 10.0. The Morgan fingerprint density at radius 3 is 0.953 bits per heavy atom. The minimum atomic E-state index is -4.45. The van der Waals surface area contributed by atoms with Gasteiger partial charge >= 0.3 is 13.8 Å². The van der Waals surface area contributed by atoms with E-state index in [2.05, 4.69) is 32.2 Å². The molecule has 0 aliphatic carbocycles. The molecular formula is C76H152N2O7P+. The normalized spacial score (nSPS) is 13.4. The van der Waals surface area contributed by atoms with E-state index in [1.54, 1.807) is 0 Å². The molecule has 0 saturated carbocycles. The fourth-order valence-corrected chi connectivity index (χ4v) is 12.8. The number of quaternary nitrogens is 1. The Kier molecular flexibility index (Phi) is 65.7. The van der Waals surface area contributed by atoms with Crippen LogP contribution in [-0.4, -0.2) is 74.3 Å². The third-order valence-electron chi connectivity index (χ3n) is 18.0. The maximum absolute atomic E-state index is 13.6. The van der Waals surface area contributed by atoms with E-state index >= 15 is 0 Å². The van der Waals surface area contributed by atoms with Crippen LogP contribution in [-0.2, 0) is 27.9 Å². The predicted molar refractivity (Wildman–Crippen MR) is 374 cm³/mol. The molecule has 0 rings (SSSR count). The van der Waals surface area contributed by atoms with Gasteiger partial charge in [0.2, 0.25) is 5.91 Å². The van der Waals surface area contributed by atoms with Crippen LogP contribution in [0.3, 0.4) is 0 Å². The predicted octanol–water partition coefficient (Wildman–Crippen LogP) is 24.6. The molecule has 3 unspecified atom stereocenters. The van der Waals surface area contributed by atoms with E-state index in [0.717, 1.165) is 57.8 Å². The number of phosphoric acid groups is 1. The van der Waals surface area contributed by atoms with Crippen molar-refractivity contribution in [3.8, 4) is 0 Å². The number of unbranched alkanes of at least 4 members (excludes halogenated alkanes) is 56. The zero-order chi connectivity index (χ0) is 62.8. The van der Waals surface area contributed by atoms with Gasteiger partial charge in [-0.3, -0.25) is 18.6 Å². The molecule has 2 N–H and O–H groups in total. The first-order valence-electron chi connectivity index (χ1n) is 38.5. The lowest BCUT2D eigenvalue weighted by Gasteiger charge is -2.27. The minimum absolute atomic E-state index is 0.0463. The first-order valence-corrected chi connectivity index (χ1v) is 40.0. The van der Waals surface area contributed by atoms with Gasteiger partial charge in [-0.2, -0.15) is 0 Å². The van der Waals surface area contributed by atoms with E-state index < -0.39 is 20.0 Å². The molecule has 0 aromatic heterocycles. The first kappa shape index (κ1) is 84.8. The van der Waals surface area contributed by atoms with Crippen molar-refractivity contribution in [1.82, 2.24) is 5.32 Å². The van der Waals surface area contributed by atoms with E-state index in [0.29, 0.717) is 23.9 Å². The fourth-order valence-electron chi connectivity index (χ4n) is 12.1. The topological polar surface area (TPSA) is 111 Å². The summed E-state index contributed by atoms with van der Waals surface area (Å²) in [5.74, 6) is -0.474. The van der Waals surface area contributed by atoms with E-state index in [1.807, 2.05) is 27.2 Å². The molecule has 0 aliphatic heterocycles. The Morgan fingerprint density at radius 2 is 0.663 bits per heavy atom. The molecular weight excluding hydrogens is 1080 g/mol. The zero-order valence-electron chi connectivity index (χ0n) is 58.9. The Morgan fingerprint density at radius 1 is 0.395 bits per heavy atom. The molecule has 0 fully saturated rings. The van der Waals surface area contributed by atoms with Gasteiger partial charge in [0.15, 0.2) is 0 Å². The average Bonchev–Trinajstić information content (AvgIpc) is 3.69. The van der Waals surface area contributed by atoms with Crippen LogP contribution in [0.5, 0.6) is 0 Å². The van der Waals surface area contributed by atoms with Crippen molar-refractivity contribution < 1.29 is 37.3 Å². The van der Waals surface area contributed by atoms with Crippen molar-refractivity contribution in [1.29, 1.82) is 0 Å². The van der Waals surface area contributed by atoms with Crippen LogP contribution in [0.15, 0.2) is 12.2 Å². The first-order chi connectivity index (χ1) is 41.9. The van der Waals surface area contributed by atoms with Crippen LogP contribution < -0.4 is 5.32 Å². The molecule has 0 radical (unpaired) electrons. The summed E-state index contributed by atoms with van der Waals surface area (Å²) in [7, 11) is 1.53. The summed E-state index contributed by atoms with van der Waals surface area (Å²) in [5, 5.41) is 3.09. The lowest BCUT2D eigenvalue weighted by Crippen LogP contribution is -2.47. The molecule has 0 spiro atoms. The summed E-state index contributed by atoms with van der Waals surface area (Å²) in [6.07, 6.45) is 81.0. The van der Waals surface area contributed by atoms with Gasteiger partial charge in [0.1, 0.15) is 19.3 Å². The maximum atomic E-state index is 13.6. The second kappa shape index (κ2) is 66.7. The summed E-state index contributed by atoms with van der Waals surface area (Å²) < 4.78 is 30.9. The quantitative estimate of drug-likeness (QED) is 0.0205. The number of allylic oxidation sites excluding steroid dienone is 1. The summed E-state index contributed by atoms with van der Waals surface area (Å²) in [5.41, 5.74) is 0.